The van der Waals surface area contributed by atoms with E-state index >= 15 is 0 Å². The van der Waals surface area contributed by atoms with Crippen LogP contribution in [0.3, 0.4) is 0 Å². The lowest BCUT2D eigenvalue weighted by Crippen LogP contribution is -2.28. The van der Waals surface area contributed by atoms with Gasteiger partial charge in [0.15, 0.2) is 0 Å². The molecule has 0 N–H and O–H groups in total. The summed E-state index contributed by atoms with van der Waals surface area (Å²) in [5, 5.41) is 0. The Bertz CT molecular complexity index is 2940. The molecule has 280 valence electrons. The standard InChI is InChI=1S/C58H43N/c1-57(2)55-37-43(41-19-9-4-10-20-41)29-34-50(55)51-35-32-48(39-56(51)57)59(46-30-27-42(28-31-46)40-17-7-3-8-18-40)47-33-36-54-52(38-47)49-25-15-16-26-53(49)58(54,44-21-11-5-12-22-44)45-23-13-6-14-24-45/h3-39H,1-2H3. The Kier molecular flexibility index (Phi) is 8.13. The van der Waals surface area contributed by atoms with Gasteiger partial charge in [0.1, 0.15) is 0 Å². The summed E-state index contributed by atoms with van der Waals surface area (Å²) in [5.41, 5.74) is 20.7. The first kappa shape index (κ1) is 35.0. The van der Waals surface area contributed by atoms with Crippen molar-refractivity contribution in [2.75, 3.05) is 4.90 Å². The van der Waals surface area contributed by atoms with Crippen molar-refractivity contribution in [3.63, 3.8) is 0 Å². The van der Waals surface area contributed by atoms with E-state index in [9.17, 15) is 0 Å². The van der Waals surface area contributed by atoms with Crippen molar-refractivity contribution in [3.8, 4) is 44.5 Å². The van der Waals surface area contributed by atoms with Crippen LogP contribution in [0.5, 0.6) is 0 Å². The minimum Gasteiger partial charge on any atom is -0.310 e. The van der Waals surface area contributed by atoms with E-state index < -0.39 is 5.41 Å². The van der Waals surface area contributed by atoms with Gasteiger partial charge in [0.2, 0.25) is 0 Å². The summed E-state index contributed by atoms with van der Waals surface area (Å²) in [6, 6.07) is 82.9. The molecule has 0 aliphatic heterocycles. The quantitative estimate of drug-likeness (QED) is 0.157. The van der Waals surface area contributed by atoms with E-state index in [1.807, 2.05) is 0 Å². The monoisotopic (exact) mass is 753 g/mol. The van der Waals surface area contributed by atoms with Gasteiger partial charge in [0.05, 0.1) is 5.41 Å². The molecular weight excluding hydrogens is 711 g/mol. The average molecular weight is 754 g/mol. The number of hydrogen-bond acceptors (Lipinski definition) is 1. The molecule has 9 aromatic rings. The second-order valence-electron chi connectivity index (χ2n) is 16.5. The third-order valence-electron chi connectivity index (χ3n) is 13.0. The highest BCUT2D eigenvalue weighted by molar-refractivity contribution is 5.92. The summed E-state index contributed by atoms with van der Waals surface area (Å²) >= 11 is 0. The maximum absolute atomic E-state index is 2.46. The fourth-order valence-electron chi connectivity index (χ4n) is 10.1. The summed E-state index contributed by atoms with van der Waals surface area (Å²) in [6.07, 6.45) is 0. The summed E-state index contributed by atoms with van der Waals surface area (Å²) in [5.74, 6) is 0. The second kappa shape index (κ2) is 13.7. The zero-order valence-corrected chi connectivity index (χ0v) is 33.3. The van der Waals surface area contributed by atoms with Crippen LogP contribution in [0.4, 0.5) is 17.1 Å². The first-order valence-corrected chi connectivity index (χ1v) is 20.7. The molecule has 0 atom stereocenters. The van der Waals surface area contributed by atoms with Crippen LogP contribution in [0.15, 0.2) is 224 Å². The number of benzene rings is 9. The predicted octanol–water partition coefficient (Wildman–Crippen LogP) is 15.2. The minimum atomic E-state index is -0.447. The van der Waals surface area contributed by atoms with Gasteiger partial charge in [-0.15, -0.1) is 0 Å². The van der Waals surface area contributed by atoms with Crippen LogP contribution in [0, 0.1) is 0 Å². The van der Waals surface area contributed by atoms with Gasteiger partial charge in [0.25, 0.3) is 0 Å². The molecule has 2 aliphatic rings. The normalized spacial score (nSPS) is 13.9. The van der Waals surface area contributed by atoms with Crippen molar-refractivity contribution >= 4 is 17.1 Å². The van der Waals surface area contributed by atoms with Gasteiger partial charge < -0.3 is 4.90 Å². The lowest BCUT2D eigenvalue weighted by molar-refractivity contribution is 0.660. The van der Waals surface area contributed by atoms with Crippen molar-refractivity contribution in [2.24, 2.45) is 0 Å². The lowest BCUT2D eigenvalue weighted by atomic mass is 9.68. The number of rotatable bonds is 7. The lowest BCUT2D eigenvalue weighted by Gasteiger charge is -2.34. The highest BCUT2D eigenvalue weighted by Crippen LogP contribution is 2.58. The SMILES string of the molecule is CC1(C)c2cc(-c3ccccc3)ccc2-c2ccc(N(c3ccc(-c4ccccc4)cc3)c3ccc4c(c3)-c3ccccc3C4(c3ccccc3)c3ccccc3)cc21. The Labute approximate surface area is 347 Å². The fraction of sp³-hybridized carbons (Fsp3) is 0.0690. The van der Waals surface area contributed by atoms with Crippen LogP contribution in [0.25, 0.3) is 44.5 Å². The Morgan fingerprint density at radius 1 is 0.288 bits per heavy atom. The Morgan fingerprint density at radius 3 is 1.36 bits per heavy atom. The Hall–Kier alpha value is -7.22. The molecule has 1 nitrogen and oxygen atoms in total. The predicted molar refractivity (Wildman–Crippen MR) is 247 cm³/mol. The zero-order chi connectivity index (χ0) is 39.6. The summed E-state index contributed by atoms with van der Waals surface area (Å²) in [6.45, 7) is 4.77. The summed E-state index contributed by atoms with van der Waals surface area (Å²) in [7, 11) is 0. The second-order valence-corrected chi connectivity index (χ2v) is 16.5. The smallest absolute Gasteiger partial charge is 0.0713 e. The van der Waals surface area contributed by atoms with E-state index in [0.717, 1.165) is 17.1 Å². The van der Waals surface area contributed by atoms with Crippen LogP contribution < -0.4 is 4.90 Å². The van der Waals surface area contributed by atoms with E-state index in [4.69, 9.17) is 0 Å². The third-order valence-corrected chi connectivity index (χ3v) is 13.0. The molecule has 0 aromatic heterocycles. The van der Waals surface area contributed by atoms with Crippen molar-refractivity contribution in [1.82, 2.24) is 0 Å². The molecule has 2 aliphatic carbocycles. The maximum atomic E-state index is 2.46. The number of anilines is 3. The van der Waals surface area contributed by atoms with Gasteiger partial charge >= 0.3 is 0 Å². The number of hydrogen-bond donors (Lipinski definition) is 0. The molecule has 0 bridgehead atoms. The molecule has 0 heterocycles. The topological polar surface area (TPSA) is 3.24 Å². The van der Waals surface area contributed by atoms with E-state index in [1.54, 1.807) is 0 Å². The molecule has 0 fully saturated rings. The number of fused-ring (bicyclic) bond motifs is 6. The first-order valence-electron chi connectivity index (χ1n) is 20.7. The van der Waals surface area contributed by atoms with Crippen molar-refractivity contribution in [1.29, 1.82) is 0 Å². The van der Waals surface area contributed by atoms with E-state index in [0.29, 0.717) is 0 Å². The van der Waals surface area contributed by atoms with Gasteiger partial charge in [-0.05, 0) is 120 Å². The van der Waals surface area contributed by atoms with Crippen LogP contribution in [0.2, 0.25) is 0 Å². The molecule has 0 amide bonds. The number of nitrogens with zero attached hydrogens (tertiary/aromatic N) is 1. The molecule has 0 saturated carbocycles. The van der Waals surface area contributed by atoms with Gasteiger partial charge in [0, 0.05) is 22.5 Å². The molecule has 1 heteroatoms. The summed E-state index contributed by atoms with van der Waals surface area (Å²) in [4.78, 5) is 2.46. The molecule has 11 rings (SSSR count). The van der Waals surface area contributed by atoms with Crippen molar-refractivity contribution < 1.29 is 0 Å². The molecule has 59 heavy (non-hydrogen) atoms. The van der Waals surface area contributed by atoms with Crippen LogP contribution in [-0.2, 0) is 10.8 Å². The molecule has 0 radical (unpaired) electrons. The van der Waals surface area contributed by atoms with E-state index in [-0.39, 0.29) is 5.41 Å². The summed E-state index contributed by atoms with van der Waals surface area (Å²) < 4.78 is 0. The first-order chi connectivity index (χ1) is 29.0. The van der Waals surface area contributed by atoms with Gasteiger partial charge in [-0.25, -0.2) is 0 Å². The third kappa shape index (κ3) is 5.46. The highest BCUT2D eigenvalue weighted by Gasteiger charge is 2.46. The van der Waals surface area contributed by atoms with Crippen LogP contribution >= 0.6 is 0 Å². The minimum absolute atomic E-state index is 0.184. The average Bonchev–Trinajstić information content (AvgIpc) is 3.72. The highest BCUT2D eigenvalue weighted by atomic mass is 15.1. The fourth-order valence-corrected chi connectivity index (χ4v) is 10.1. The Morgan fingerprint density at radius 2 is 0.712 bits per heavy atom. The Balaban J connectivity index is 1.09. The molecule has 9 aromatic carbocycles. The van der Waals surface area contributed by atoms with Crippen LogP contribution in [0.1, 0.15) is 47.2 Å². The van der Waals surface area contributed by atoms with Crippen molar-refractivity contribution in [3.05, 3.63) is 258 Å². The van der Waals surface area contributed by atoms with Gasteiger partial charge in [-0.3, -0.25) is 0 Å². The van der Waals surface area contributed by atoms with Crippen molar-refractivity contribution in [2.45, 2.75) is 24.7 Å². The zero-order valence-electron chi connectivity index (χ0n) is 33.3. The molecule has 0 unspecified atom stereocenters. The van der Waals surface area contributed by atoms with Gasteiger partial charge in [-0.1, -0.05) is 196 Å². The maximum Gasteiger partial charge on any atom is 0.0713 e. The molecule has 0 spiro atoms. The van der Waals surface area contributed by atoms with E-state index in [1.165, 1.54) is 77.9 Å². The molecular formula is C58H43N. The molecule has 0 saturated heterocycles. The van der Waals surface area contributed by atoms with Gasteiger partial charge in [-0.2, -0.15) is 0 Å². The van der Waals surface area contributed by atoms with Crippen LogP contribution in [-0.4, -0.2) is 0 Å². The largest absolute Gasteiger partial charge is 0.310 e. The van der Waals surface area contributed by atoms with E-state index in [2.05, 4.69) is 243 Å².